The lowest BCUT2D eigenvalue weighted by molar-refractivity contribution is 0.111. The van der Waals surface area contributed by atoms with Gasteiger partial charge in [-0.25, -0.2) is 0 Å². The molecule has 88 valence electrons. The van der Waals surface area contributed by atoms with Crippen molar-refractivity contribution in [1.29, 1.82) is 0 Å². The molecule has 1 heterocycles. The first-order valence-electron chi connectivity index (χ1n) is 5.90. The molecule has 0 bridgehead atoms. The van der Waals surface area contributed by atoms with E-state index < -0.39 is 0 Å². The number of rotatable bonds is 3. The summed E-state index contributed by atoms with van der Waals surface area (Å²) < 4.78 is 7.43. The summed E-state index contributed by atoms with van der Waals surface area (Å²) in [7, 11) is 1.67. The third kappa shape index (κ3) is 1.46. The van der Waals surface area contributed by atoms with Crippen molar-refractivity contribution >= 4 is 17.2 Å². The highest BCUT2D eigenvalue weighted by Gasteiger charge is 2.28. The summed E-state index contributed by atoms with van der Waals surface area (Å²) in [5, 5.41) is 1.15. The SMILES string of the molecule is COc1ccc2c(C)c(C=O)n(C3CC3)c2c1. The predicted molar refractivity (Wildman–Crippen MR) is 66.9 cm³/mol. The fraction of sp³-hybridized carbons (Fsp3) is 0.357. The molecule has 0 unspecified atom stereocenters. The number of carbonyl (C=O) groups excluding carboxylic acids is 1. The molecule has 0 aliphatic heterocycles. The number of aldehydes is 1. The number of aryl methyl sites for hydroxylation is 1. The van der Waals surface area contributed by atoms with Crippen molar-refractivity contribution in [2.24, 2.45) is 0 Å². The van der Waals surface area contributed by atoms with Crippen LogP contribution >= 0.6 is 0 Å². The van der Waals surface area contributed by atoms with E-state index in [4.69, 9.17) is 4.74 Å². The fourth-order valence-corrected chi connectivity index (χ4v) is 2.47. The van der Waals surface area contributed by atoms with Crippen molar-refractivity contribution < 1.29 is 9.53 Å². The van der Waals surface area contributed by atoms with Gasteiger partial charge in [0.1, 0.15) is 5.75 Å². The van der Waals surface area contributed by atoms with Crippen LogP contribution in [0, 0.1) is 6.92 Å². The molecule has 1 aromatic carbocycles. The van der Waals surface area contributed by atoms with Gasteiger partial charge in [0, 0.05) is 17.5 Å². The average molecular weight is 229 g/mol. The second kappa shape index (κ2) is 3.62. The number of methoxy groups -OCH3 is 1. The van der Waals surface area contributed by atoms with Gasteiger partial charge in [-0.1, -0.05) is 0 Å². The molecule has 0 N–H and O–H groups in total. The summed E-state index contributed by atoms with van der Waals surface area (Å²) in [4.78, 5) is 11.3. The van der Waals surface area contributed by atoms with Gasteiger partial charge in [-0.2, -0.15) is 0 Å². The first kappa shape index (κ1) is 10.4. The Balaban J connectivity index is 2.35. The Hall–Kier alpha value is -1.77. The molecule has 1 aliphatic carbocycles. The van der Waals surface area contributed by atoms with Crippen LogP contribution in [0.1, 0.15) is 34.9 Å². The van der Waals surface area contributed by atoms with E-state index in [0.29, 0.717) is 6.04 Å². The molecule has 0 spiro atoms. The minimum absolute atomic E-state index is 0.499. The highest BCUT2D eigenvalue weighted by molar-refractivity contribution is 5.94. The van der Waals surface area contributed by atoms with Crippen molar-refractivity contribution in [3.63, 3.8) is 0 Å². The molecule has 3 rings (SSSR count). The summed E-state index contributed by atoms with van der Waals surface area (Å²) >= 11 is 0. The Morgan fingerprint density at radius 3 is 2.76 bits per heavy atom. The lowest BCUT2D eigenvalue weighted by atomic mass is 10.1. The number of aromatic nitrogens is 1. The first-order valence-corrected chi connectivity index (χ1v) is 5.90. The average Bonchev–Trinajstić information content (AvgIpc) is 3.15. The molecule has 0 atom stereocenters. The molecular formula is C14H15NO2. The standard InChI is InChI=1S/C14H15NO2/c1-9-12-6-5-11(17-2)7-13(12)15(10-3-4-10)14(9)8-16/h5-8,10H,3-4H2,1-2H3. The Morgan fingerprint density at radius 2 is 2.18 bits per heavy atom. The van der Waals surface area contributed by atoms with E-state index in [1.165, 1.54) is 12.8 Å². The van der Waals surface area contributed by atoms with E-state index in [1.807, 2.05) is 25.1 Å². The number of carbonyl (C=O) groups is 1. The van der Waals surface area contributed by atoms with Crippen LogP contribution in [0.25, 0.3) is 10.9 Å². The van der Waals surface area contributed by atoms with E-state index in [9.17, 15) is 4.79 Å². The van der Waals surface area contributed by atoms with Crippen molar-refractivity contribution in [3.05, 3.63) is 29.5 Å². The summed E-state index contributed by atoms with van der Waals surface area (Å²) in [5.74, 6) is 0.842. The van der Waals surface area contributed by atoms with Crippen LogP contribution in [0.3, 0.4) is 0 Å². The van der Waals surface area contributed by atoms with Gasteiger partial charge in [0.15, 0.2) is 6.29 Å². The van der Waals surface area contributed by atoms with E-state index in [1.54, 1.807) is 7.11 Å². The lowest BCUT2D eigenvalue weighted by Gasteiger charge is -2.06. The van der Waals surface area contributed by atoms with E-state index in [-0.39, 0.29) is 0 Å². The largest absolute Gasteiger partial charge is 0.497 e. The zero-order valence-electron chi connectivity index (χ0n) is 10.1. The summed E-state index contributed by atoms with van der Waals surface area (Å²) in [5.41, 5.74) is 3.01. The quantitative estimate of drug-likeness (QED) is 0.757. The Bertz CT molecular complexity index is 594. The molecule has 0 amide bonds. The van der Waals surface area contributed by atoms with Gasteiger partial charge < -0.3 is 9.30 Å². The topological polar surface area (TPSA) is 31.2 Å². The summed E-state index contributed by atoms with van der Waals surface area (Å²) in [6, 6.07) is 6.50. The zero-order chi connectivity index (χ0) is 12.0. The molecule has 0 radical (unpaired) electrons. The number of benzene rings is 1. The maximum atomic E-state index is 11.3. The molecule has 0 saturated heterocycles. The van der Waals surface area contributed by atoms with Crippen molar-refractivity contribution in [3.8, 4) is 5.75 Å². The van der Waals surface area contributed by atoms with Gasteiger partial charge in [0.25, 0.3) is 0 Å². The minimum Gasteiger partial charge on any atom is -0.497 e. The fourth-order valence-electron chi connectivity index (χ4n) is 2.47. The van der Waals surface area contributed by atoms with E-state index >= 15 is 0 Å². The number of ether oxygens (including phenoxy) is 1. The summed E-state index contributed by atoms with van der Waals surface area (Å²) in [6.45, 7) is 2.01. The molecule has 3 nitrogen and oxygen atoms in total. The zero-order valence-corrected chi connectivity index (χ0v) is 10.1. The molecule has 1 aromatic heterocycles. The van der Waals surface area contributed by atoms with Crippen LogP contribution in [-0.4, -0.2) is 18.0 Å². The highest BCUT2D eigenvalue weighted by Crippen LogP contribution is 2.41. The number of hydrogen-bond donors (Lipinski definition) is 0. The molecular weight excluding hydrogens is 214 g/mol. The number of hydrogen-bond acceptors (Lipinski definition) is 2. The molecule has 1 fully saturated rings. The van der Waals surface area contributed by atoms with Crippen molar-refractivity contribution in [1.82, 2.24) is 4.57 Å². The van der Waals surface area contributed by atoms with Crippen LogP contribution in [0.2, 0.25) is 0 Å². The highest BCUT2D eigenvalue weighted by atomic mass is 16.5. The van der Waals surface area contributed by atoms with Gasteiger partial charge in [0.2, 0.25) is 0 Å². The van der Waals surface area contributed by atoms with Crippen LogP contribution in [0.5, 0.6) is 5.75 Å². The first-order chi connectivity index (χ1) is 8.26. The minimum atomic E-state index is 0.499. The van der Waals surface area contributed by atoms with Crippen LogP contribution in [0.15, 0.2) is 18.2 Å². The van der Waals surface area contributed by atoms with E-state index in [0.717, 1.165) is 34.2 Å². The normalized spacial score (nSPS) is 15.2. The van der Waals surface area contributed by atoms with Crippen molar-refractivity contribution in [2.45, 2.75) is 25.8 Å². The maximum Gasteiger partial charge on any atom is 0.166 e. The maximum absolute atomic E-state index is 11.3. The lowest BCUT2D eigenvalue weighted by Crippen LogP contribution is -1.99. The Kier molecular flexibility index (Phi) is 2.21. The molecule has 3 heteroatoms. The third-order valence-corrected chi connectivity index (χ3v) is 3.54. The van der Waals surface area contributed by atoms with Crippen LogP contribution in [0.4, 0.5) is 0 Å². The second-order valence-corrected chi connectivity index (χ2v) is 4.61. The van der Waals surface area contributed by atoms with Gasteiger partial charge >= 0.3 is 0 Å². The molecule has 2 aromatic rings. The van der Waals surface area contributed by atoms with Crippen LogP contribution < -0.4 is 4.74 Å². The summed E-state index contributed by atoms with van der Waals surface area (Å²) in [6.07, 6.45) is 3.31. The monoisotopic (exact) mass is 229 g/mol. The van der Waals surface area contributed by atoms with Gasteiger partial charge in [-0.05, 0) is 37.5 Å². The third-order valence-electron chi connectivity index (χ3n) is 3.54. The predicted octanol–water partition coefficient (Wildman–Crippen LogP) is 3.11. The second-order valence-electron chi connectivity index (χ2n) is 4.61. The molecule has 17 heavy (non-hydrogen) atoms. The van der Waals surface area contributed by atoms with Gasteiger partial charge in [-0.3, -0.25) is 4.79 Å². The Labute approximate surface area is 100.0 Å². The smallest absolute Gasteiger partial charge is 0.166 e. The van der Waals surface area contributed by atoms with E-state index in [2.05, 4.69) is 4.57 Å². The molecule has 1 aliphatic rings. The van der Waals surface area contributed by atoms with Crippen LogP contribution in [-0.2, 0) is 0 Å². The van der Waals surface area contributed by atoms with Gasteiger partial charge in [-0.15, -0.1) is 0 Å². The number of fused-ring (bicyclic) bond motifs is 1. The Morgan fingerprint density at radius 1 is 1.41 bits per heavy atom. The number of nitrogens with zero attached hydrogens (tertiary/aromatic N) is 1. The molecule has 1 saturated carbocycles. The van der Waals surface area contributed by atoms with Crippen molar-refractivity contribution in [2.75, 3.05) is 7.11 Å². The van der Waals surface area contributed by atoms with Gasteiger partial charge in [0.05, 0.1) is 18.3 Å².